The largest absolute Gasteiger partial charge is 0.338 e. The molecule has 1 fully saturated rings. The second-order valence-corrected chi connectivity index (χ2v) is 7.09. The van der Waals surface area contributed by atoms with E-state index in [1.807, 2.05) is 17.0 Å². The van der Waals surface area contributed by atoms with Crippen LogP contribution in [0.4, 0.5) is 0 Å². The van der Waals surface area contributed by atoms with Gasteiger partial charge in [0.2, 0.25) is 0 Å². The maximum atomic E-state index is 12.2. The van der Waals surface area contributed by atoms with Gasteiger partial charge >= 0.3 is 0 Å². The molecule has 0 atom stereocenters. The molecule has 0 N–H and O–H groups in total. The Balaban J connectivity index is 1.90. The molecule has 4 heteroatoms. The summed E-state index contributed by atoms with van der Waals surface area (Å²) in [7, 11) is 0. The number of nitrogens with zero attached hydrogens (tertiary/aromatic N) is 1. The van der Waals surface area contributed by atoms with E-state index < -0.39 is 0 Å². The normalized spacial score (nSPS) is 17.4. The molecule has 0 spiro atoms. The highest BCUT2D eigenvalue weighted by Crippen LogP contribution is 2.26. The molecule has 1 saturated heterocycles. The van der Waals surface area contributed by atoms with Gasteiger partial charge in [-0.05, 0) is 46.8 Å². The number of piperidine rings is 1. The van der Waals surface area contributed by atoms with Crippen LogP contribution in [0.1, 0.15) is 42.3 Å². The van der Waals surface area contributed by atoms with E-state index in [0.717, 1.165) is 27.7 Å². The first-order valence-electron chi connectivity index (χ1n) is 6.25. The van der Waals surface area contributed by atoms with Gasteiger partial charge in [0.15, 0.2) is 0 Å². The SMILES string of the molecule is CCCC1CCN(C(=O)c2ccc(Br)s2)CC1. The highest BCUT2D eigenvalue weighted by atomic mass is 79.9. The van der Waals surface area contributed by atoms with E-state index in [1.54, 1.807) is 0 Å². The first-order valence-corrected chi connectivity index (χ1v) is 7.86. The molecule has 0 saturated carbocycles. The molecule has 1 aliphatic heterocycles. The number of thiophene rings is 1. The van der Waals surface area contributed by atoms with Crippen molar-refractivity contribution in [3.05, 3.63) is 20.8 Å². The van der Waals surface area contributed by atoms with Crippen LogP contribution in [-0.2, 0) is 0 Å². The number of likely N-dealkylation sites (tertiary alicyclic amines) is 1. The van der Waals surface area contributed by atoms with E-state index >= 15 is 0 Å². The third-order valence-corrected chi connectivity index (χ3v) is 4.99. The molecule has 0 aromatic carbocycles. The molecule has 2 nitrogen and oxygen atoms in total. The number of rotatable bonds is 3. The maximum absolute atomic E-state index is 12.2. The molecule has 0 radical (unpaired) electrons. The number of amides is 1. The molecular formula is C13H18BrNOS. The molecule has 2 rings (SSSR count). The standard InChI is InChI=1S/C13H18BrNOS/c1-2-3-10-6-8-15(9-7-10)13(16)11-4-5-12(14)17-11/h4-5,10H,2-3,6-9H2,1H3. The Bertz CT molecular complexity index is 383. The smallest absolute Gasteiger partial charge is 0.263 e. The average Bonchev–Trinajstić information content (AvgIpc) is 2.76. The molecule has 1 aliphatic rings. The van der Waals surface area contributed by atoms with Crippen molar-refractivity contribution in [2.45, 2.75) is 32.6 Å². The number of hydrogen-bond acceptors (Lipinski definition) is 2. The number of carbonyl (C=O) groups excluding carboxylic acids is 1. The summed E-state index contributed by atoms with van der Waals surface area (Å²) in [5.74, 6) is 1.04. The number of hydrogen-bond donors (Lipinski definition) is 0. The Morgan fingerprint density at radius 1 is 1.47 bits per heavy atom. The van der Waals surface area contributed by atoms with Crippen LogP contribution >= 0.6 is 27.3 Å². The van der Waals surface area contributed by atoms with Gasteiger partial charge in [-0.2, -0.15) is 0 Å². The second kappa shape index (κ2) is 6.01. The minimum absolute atomic E-state index is 0.204. The van der Waals surface area contributed by atoms with Crippen molar-refractivity contribution in [2.75, 3.05) is 13.1 Å². The zero-order valence-electron chi connectivity index (χ0n) is 10.1. The van der Waals surface area contributed by atoms with Crippen LogP contribution in [0.25, 0.3) is 0 Å². The second-order valence-electron chi connectivity index (χ2n) is 4.63. The summed E-state index contributed by atoms with van der Waals surface area (Å²) in [6.07, 6.45) is 4.92. The van der Waals surface area contributed by atoms with Crippen molar-refractivity contribution in [2.24, 2.45) is 5.92 Å². The number of carbonyl (C=O) groups is 1. The first-order chi connectivity index (χ1) is 8.20. The van der Waals surface area contributed by atoms with E-state index in [0.29, 0.717) is 0 Å². The third-order valence-electron chi connectivity index (χ3n) is 3.38. The minimum atomic E-state index is 0.204. The molecule has 1 aromatic rings. The van der Waals surface area contributed by atoms with Crippen LogP contribution in [0, 0.1) is 5.92 Å². The molecule has 0 aliphatic carbocycles. The van der Waals surface area contributed by atoms with Gasteiger partial charge in [0.1, 0.15) is 0 Å². The quantitative estimate of drug-likeness (QED) is 0.820. The van der Waals surface area contributed by atoms with Gasteiger partial charge in [0.05, 0.1) is 8.66 Å². The molecule has 0 unspecified atom stereocenters. The Labute approximate surface area is 115 Å². The highest BCUT2D eigenvalue weighted by Gasteiger charge is 2.23. The maximum Gasteiger partial charge on any atom is 0.263 e. The van der Waals surface area contributed by atoms with E-state index in [1.165, 1.54) is 37.0 Å². The molecule has 17 heavy (non-hydrogen) atoms. The van der Waals surface area contributed by atoms with Crippen molar-refractivity contribution < 1.29 is 4.79 Å². The summed E-state index contributed by atoms with van der Waals surface area (Å²) in [6, 6.07) is 3.86. The Kier molecular flexibility index (Phi) is 4.62. The van der Waals surface area contributed by atoms with Crippen molar-refractivity contribution in [3.63, 3.8) is 0 Å². The Morgan fingerprint density at radius 2 is 2.18 bits per heavy atom. The van der Waals surface area contributed by atoms with Crippen LogP contribution in [0.3, 0.4) is 0 Å². The van der Waals surface area contributed by atoms with Gasteiger partial charge in [-0.3, -0.25) is 4.79 Å². The van der Waals surface area contributed by atoms with Crippen molar-refractivity contribution in [3.8, 4) is 0 Å². The van der Waals surface area contributed by atoms with Gasteiger partial charge in [-0.1, -0.05) is 19.8 Å². The lowest BCUT2D eigenvalue weighted by Gasteiger charge is -2.31. The van der Waals surface area contributed by atoms with E-state index in [9.17, 15) is 4.79 Å². The molecular weight excluding hydrogens is 298 g/mol. The summed E-state index contributed by atoms with van der Waals surface area (Å²) in [6.45, 7) is 4.10. The van der Waals surface area contributed by atoms with Crippen LogP contribution in [-0.4, -0.2) is 23.9 Å². The zero-order chi connectivity index (χ0) is 12.3. The van der Waals surface area contributed by atoms with Crippen molar-refractivity contribution in [1.82, 2.24) is 4.90 Å². The topological polar surface area (TPSA) is 20.3 Å². The summed E-state index contributed by atoms with van der Waals surface area (Å²) < 4.78 is 1.03. The van der Waals surface area contributed by atoms with Crippen molar-refractivity contribution >= 4 is 33.2 Å². The van der Waals surface area contributed by atoms with Crippen LogP contribution in [0.15, 0.2) is 15.9 Å². The molecule has 94 valence electrons. The number of halogens is 1. The lowest BCUT2D eigenvalue weighted by atomic mass is 9.92. The highest BCUT2D eigenvalue weighted by molar-refractivity contribution is 9.11. The van der Waals surface area contributed by atoms with Crippen molar-refractivity contribution in [1.29, 1.82) is 0 Å². The van der Waals surface area contributed by atoms with E-state index in [2.05, 4.69) is 22.9 Å². The fourth-order valence-corrected chi connectivity index (χ4v) is 3.77. The summed E-state index contributed by atoms with van der Waals surface area (Å²) in [5, 5.41) is 0. The van der Waals surface area contributed by atoms with Gasteiger partial charge < -0.3 is 4.90 Å². The molecule has 1 amide bonds. The van der Waals surface area contributed by atoms with Crippen LogP contribution < -0.4 is 0 Å². The predicted molar refractivity (Wildman–Crippen MR) is 75.6 cm³/mol. The fraction of sp³-hybridized carbons (Fsp3) is 0.615. The third kappa shape index (κ3) is 3.32. The van der Waals surface area contributed by atoms with Crippen LogP contribution in [0.5, 0.6) is 0 Å². The predicted octanol–water partition coefficient (Wildman–Crippen LogP) is 4.16. The van der Waals surface area contributed by atoms with E-state index in [-0.39, 0.29) is 5.91 Å². The van der Waals surface area contributed by atoms with Crippen LogP contribution in [0.2, 0.25) is 0 Å². The van der Waals surface area contributed by atoms with Gasteiger partial charge in [-0.15, -0.1) is 11.3 Å². The van der Waals surface area contributed by atoms with Gasteiger partial charge in [0, 0.05) is 13.1 Å². The molecule has 2 heterocycles. The van der Waals surface area contributed by atoms with E-state index in [4.69, 9.17) is 0 Å². The lowest BCUT2D eigenvalue weighted by molar-refractivity contribution is 0.0691. The lowest BCUT2D eigenvalue weighted by Crippen LogP contribution is -2.38. The van der Waals surface area contributed by atoms with Gasteiger partial charge in [-0.25, -0.2) is 0 Å². The molecule has 1 aromatic heterocycles. The Morgan fingerprint density at radius 3 is 2.71 bits per heavy atom. The Hall–Kier alpha value is -0.350. The first kappa shape index (κ1) is 13.1. The summed E-state index contributed by atoms with van der Waals surface area (Å²) >= 11 is 4.93. The summed E-state index contributed by atoms with van der Waals surface area (Å²) in [4.78, 5) is 15.1. The summed E-state index contributed by atoms with van der Waals surface area (Å²) in [5.41, 5.74) is 0. The monoisotopic (exact) mass is 315 g/mol. The van der Waals surface area contributed by atoms with Gasteiger partial charge in [0.25, 0.3) is 5.91 Å². The zero-order valence-corrected chi connectivity index (χ0v) is 12.5. The minimum Gasteiger partial charge on any atom is -0.338 e. The fourth-order valence-electron chi connectivity index (χ4n) is 2.42. The molecule has 0 bridgehead atoms. The average molecular weight is 316 g/mol.